The smallest absolute Gasteiger partial charge is 0.870 e. The van der Waals surface area contributed by atoms with Crippen LogP contribution in [0.5, 0.6) is 0 Å². The van der Waals surface area contributed by atoms with E-state index in [0.717, 1.165) is 5.01 Å². The van der Waals surface area contributed by atoms with Gasteiger partial charge in [0, 0.05) is 0 Å². The largest absolute Gasteiger partial charge is 1.00 e. The number of methoxy groups -OCH3 is 1. The van der Waals surface area contributed by atoms with Crippen LogP contribution in [0.1, 0.15) is 31.0 Å². The number of aromatic nitrogens is 2. The van der Waals surface area contributed by atoms with Gasteiger partial charge in [-0.1, -0.05) is 0 Å². The Morgan fingerprint density at radius 1 is 1.04 bits per heavy atom. The van der Waals surface area contributed by atoms with Gasteiger partial charge in [0.2, 0.25) is 0 Å². The van der Waals surface area contributed by atoms with E-state index in [0.29, 0.717) is 9.78 Å². The Hall–Kier alpha value is -0.710. The molecule has 2 rings (SSSR count). The Morgan fingerprint density at radius 3 is 1.65 bits per heavy atom. The SMILES string of the molecule is [B]c1sc(C)nc1C(=O)O.[B]c1sc(C)nc1C(=O)OC.[Na+].[OH-]. The van der Waals surface area contributed by atoms with Gasteiger partial charge in [-0.3, -0.25) is 0 Å². The topological polar surface area (TPSA) is 119 Å². The summed E-state index contributed by atoms with van der Waals surface area (Å²) in [5.74, 6) is -1.55. The number of aryl methyl sites for hydroxylation is 2. The third-order valence-electron chi connectivity index (χ3n) is 2.10. The van der Waals surface area contributed by atoms with E-state index in [4.69, 9.17) is 20.8 Å². The number of ether oxygens (including phenoxy) is 1. The van der Waals surface area contributed by atoms with Gasteiger partial charge in [0.1, 0.15) is 15.7 Å². The average Bonchev–Trinajstić information content (AvgIpc) is 2.91. The molecule has 4 radical (unpaired) electrons. The van der Waals surface area contributed by atoms with Crippen LogP contribution in [-0.4, -0.2) is 55.3 Å². The van der Waals surface area contributed by atoms with Crippen molar-refractivity contribution in [2.24, 2.45) is 0 Å². The molecule has 7 nitrogen and oxygen atoms in total. The molecular weight excluding hydrogens is 349 g/mol. The fraction of sp³-hybridized carbons (Fsp3) is 0.273. The summed E-state index contributed by atoms with van der Waals surface area (Å²) in [6, 6.07) is 0. The van der Waals surface area contributed by atoms with E-state index in [1.54, 1.807) is 13.8 Å². The number of hydrogen-bond donors (Lipinski definition) is 1. The number of carboxylic acids is 1. The molecule has 0 unspecified atom stereocenters. The molecule has 2 aromatic rings. The Bertz CT molecular complexity index is 677. The molecule has 0 spiro atoms. The summed E-state index contributed by atoms with van der Waals surface area (Å²) in [6.07, 6.45) is 0. The number of aromatic carboxylic acids is 1. The minimum atomic E-state index is -1.07. The first-order valence-electron chi connectivity index (χ1n) is 5.53. The Labute approximate surface area is 165 Å². The van der Waals surface area contributed by atoms with E-state index in [-0.39, 0.29) is 51.2 Å². The summed E-state index contributed by atoms with van der Waals surface area (Å²) in [5, 5.41) is 9.89. The molecular formula is C11H11B2N2NaO5S2. The Morgan fingerprint density at radius 2 is 1.43 bits per heavy atom. The van der Waals surface area contributed by atoms with Crippen molar-refractivity contribution >= 4 is 59.9 Å². The van der Waals surface area contributed by atoms with Gasteiger partial charge >= 0.3 is 41.5 Å². The van der Waals surface area contributed by atoms with Crippen LogP contribution in [0.15, 0.2) is 0 Å². The summed E-state index contributed by atoms with van der Waals surface area (Å²) in [7, 11) is 12.1. The first-order chi connectivity index (χ1) is 9.76. The van der Waals surface area contributed by atoms with E-state index in [2.05, 4.69) is 14.7 Å². The van der Waals surface area contributed by atoms with Crippen LogP contribution >= 0.6 is 22.7 Å². The number of hydrogen-bond acceptors (Lipinski definition) is 8. The number of thiazole rings is 2. The molecule has 0 aliphatic heterocycles. The second-order valence-corrected chi connectivity index (χ2v) is 6.16. The third-order valence-corrected chi connectivity index (χ3v) is 3.70. The van der Waals surface area contributed by atoms with Crippen molar-refractivity contribution in [1.29, 1.82) is 0 Å². The van der Waals surface area contributed by atoms with Gasteiger partial charge in [-0.2, -0.15) is 0 Å². The van der Waals surface area contributed by atoms with Crippen LogP contribution in [-0.2, 0) is 4.74 Å². The van der Waals surface area contributed by atoms with Crippen molar-refractivity contribution in [1.82, 2.24) is 9.97 Å². The number of nitrogens with zero attached hydrogens (tertiary/aromatic N) is 2. The first kappa shape index (κ1) is 24.5. The molecule has 0 saturated heterocycles. The van der Waals surface area contributed by atoms with Gasteiger partial charge < -0.3 is 15.3 Å². The fourth-order valence-electron chi connectivity index (χ4n) is 1.28. The molecule has 0 fully saturated rings. The summed E-state index contributed by atoms with van der Waals surface area (Å²) in [4.78, 5) is 28.8. The zero-order chi connectivity index (χ0) is 16.2. The van der Waals surface area contributed by atoms with Crippen LogP contribution in [0.2, 0.25) is 0 Å². The van der Waals surface area contributed by atoms with E-state index in [1.165, 1.54) is 29.8 Å². The van der Waals surface area contributed by atoms with Crippen molar-refractivity contribution in [3.63, 3.8) is 0 Å². The van der Waals surface area contributed by atoms with Crippen molar-refractivity contribution in [2.75, 3.05) is 7.11 Å². The predicted octanol–water partition coefficient (Wildman–Crippen LogP) is -3.20. The molecule has 2 heterocycles. The molecule has 0 aliphatic rings. The quantitative estimate of drug-likeness (QED) is 0.443. The summed E-state index contributed by atoms with van der Waals surface area (Å²) >= 11 is 2.46. The second-order valence-electron chi connectivity index (χ2n) is 3.69. The fourth-order valence-corrected chi connectivity index (χ4v) is 2.65. The van der Waals surface area contributed by atoms with Gasteiger partial charge in [-0.25, -0.2) is 19.6 Å². The molecule has 0 aliphatic carbocycles. The molecule has 0 atom stereocenters. The zero-order valence-electron chi connectivity index (χ0n) is 13.0. The van der Waals surface area contributed by atoms with Crippen LogP contribution in [0.3, 0.4) is 0 Å². The number of esters is 1. The molecule has 2 N–H and O–H groups in total. The Balaban J connectivity index is 0. The number of carbonyl (C=O) groups excluding carboxylic acids is 1. The predicted molar refractivity (Wildman–Crippen MR) is 84.7 cm³/mol. The maximum atomic E-state index is 10.9. The van der Waals surface area contributed by atoms with Crippen molar-refractivity contribution in [3.8, 4) is 0 Å². The molecule has 114 valence electrons. The number of carbonyl (C=O) groups is 2. The molecule has 0 aromatic carbocycles. The van der Waals surface area contributed by atoms with Gasteiger partial charge in [0.05, 0.1) is 17.1 Å². The third kappa shape index (κ3) is 7.15. The average molecular weight is 360 g/mol. The van der Waals surface area contributed by atoms with E-state index in [1.807, 2.05) is 0 Å². The van der Waals surface area contributed by atoms with Crippen LogP contribution < -0.4 is 39.1 Å². The normalized spacial score (nSPS) is 8.83. The van der Waals surface area contributed by atoms with Crippen LogP contribution in [0.4, 0.5) is 0 Å². The maximum absolute atomic E-state index is 10.9. The van der Waals surface area contributed by atoms with E-state index < -0.39 is 11.9 Å². The minimum Gasteiger partial charge on any atom is -0.870 e. The van der Waals surface area contributed by atoms with E-state index >= 15 is 0 Å². The molecule has 2 aromatic heterocycles. The summed E-state index contributed by atoms with van der Waals surface area (Å²) in [5.41, 5.74) is 0.178. The van der Waals surface area contributed by atoms with Crippen molar-refractivity contribution < 1.29 is 54.5 Å². The molecule has 0 saturated carbocycles. The number of carboxylic acid groups (broad SMARTS) is 1. The molecule has 23 heavy (non-hydrogen) atoms. The van der Waals surface area contributed by atoms with Crippen LogP contribution in [0, 0.1) is 13.8 Å². The Kier molecular flexibility index (Phi) is 11.7. The number of rotatable bonds is 2. The molecule has 0 amide bonds. The van der Waals surface area contributed by atoms with Gasteiger partial charge in [-0.15, -0.1) is 22.7 Å². The van der Waals surface area contributed by atoms with Crippen molar-refractivity contribution in [3.05, 3.63) is 21.4 Å². The first-order valence-corrected chi connectivity index (χ1v) is 7.17. The van der Waals surface area contributed by atoms with Gasteiger partial charge in [-0.05, 0) is 23.4 Å². The van der Waals surface area contributed by atoms with Gasteiger partial charge in [0.15, 0.2) is 11.4 Å². The second kappa shape index (κ2) is 11.0. The van der Waals surface area contributed by atoms with E-state index in [9.17, 15) is 9.59 Å². The van der Waals surface area contributed by atoms with Crippen LogP contribution in [0.25, 0.3) is 0 Å². The van der Waals surface area contributed by atoms with Gasteiger partial charge in [0.25, 0.3) is 0 Å². The zero-order valence-corrected chi connectivity index (χ0v) is 16.6. The summed E-state index contributed by atoms with van der Waals surface area (Å²) in [6.45, 7) is 3.50. The summed E-state index contributed by atoms with van der Waals surface area (Å²) < 4.78 is 5.14. The molecule has 12 heteroatoms. The standard InChI is InChI=1S/C6H6BNO2S.C5H4BNO2S.Na.H2O/c1-3-8-4(5(7)11-3)6(9)10-2;1-2-7-3(5(8)9)4(6)10-2;;/h1-2H3;1H3,(H,8,9);;1H2/q;;+1;/p-1. The maximum Gasteiger partial charge on any atom is 1.00 e. The molecule has 0 bridgehead atoms. The monoisotopic (exact) mass is 360 g/mol. The van der Waals surface area contributed by atoms with Crippen molar-refractivity contribution in [2.45, 2.75) is 13.8 Å². The minimum absolute atomic E-state index is 0.